The maximum Gasteiger partial charge on any atom is 0.0818 e. The first-order valence-corrected chi connectivity index (χ1v) is 6.07. The van der Waals surface area contributed by atoms with Gasteiger partial charge >= 0.3 is 0 Å². The van der Waals surface area contributed by atoms with Crippen molar-refractivity contribution < 1.29 is 9.84 Å². The van der Waals surface area contributed by atoms with Crippen molar-refractivity contribution in [2.45, 2.75) is 38.4 Å². The Bertz CT molecular complexity index is 329. The van der Waals surface area contributed by atoms with Gasteiger partial charge in [-0.05, 0) is 29.9 Å². The fourth-order valence-corrected chi connectivity index (χ4v) is 2.58. The number of rotatable bonds is 4. The summed E-state index contributed by atoms with van der Waals surface area (Å²) in [6.07, 6.45) is 4.56. The van der Waals surface area contributed by atoms with Gasteiger partial charge in [0, 0.05) is 7.11 Å². The summed E-state index contributed by atoms with van der Waals surface area (Å²) >= 11 is 0. The summed E-state index contributed by atoms with van der Waals surface area (Å²) in [5.74, 6) is 0.456. The van der Waals surface area contributed by atoms with Crippen molar-refractivity contribution >= 4 is 0 Å². The molecule has 0 spiro atoms. The van der Waals surface area contributed by atoms with Crippen LogP contribution < -0.4 is 0 Å². The van der Waals surface area contributed by atoms with Gasteiger partial charge in [0.25, 0.3) is 0 Å². The molecule has 1 saturated carbocycles. The first kappa shape index (κ1) is 11.6. The predicted octanol–water partition coefficient (Wildman–Crippen LogP) is 3.06. The van der Waals surface area contributed by atoms with Crippen LogP contribution in [0.4, 0.5) is 0 Å². The molecule has 0 amide bonds. The standard InChI is InChI=1S/C14H20O2/c1-16-10-11-5-4-8-13(9-11)14(15)12-6-2-3-7-12/h4-5,8-9,12,14-15H,2-3,6-7,10H2,1H3. The van der Waals surface area contributed by atoms with Gasteiger partial charge in [-0.1, -0.05) is 37.1 Å². The highest BCUT2D eigenvalue weighted by Crippen LogP contribution is 2.35. The Labute approximate surface area is 97.3 Å². The lowest BCUT2D eigenvalue weighted by Gasteiger charge is -2.18. The van der Waals surface area contributed by atoms with Gasteiger partial charge in [0.1, 0.15) is 0 Å². The molecule has 2 rings (SSSR count). The molecule has 0 saturated heterocycles. The molecule has 0 radical (unpaired) electrons. The molecule has 88 valence electrons. The van der Waals surface area contributed by atoms with Crippen molar-refractivity contribution in [1.82, 2.24) is 0 Å². The average Bonchev–Trinajstić information content (AvgIpc) is 2.82. The summed E-state index contributed by atoms with van der Waals surface area (Å²) in [6, 6.07) is 8.12. The van der Waals surface area contributed by atoms with E-state index in [1.54, 1.807) is 7.11 Å². The topological polar surface area (TPSA) is 29.5 Å². The van der Waals surface area contributed by atoms with Gasteiger partial charge in [-0.3, -0.25) is 0 Å². The lowest BCUT2D eigenvalue weighted by atomic mass is 9.93. The number of ether oxygens (including phenoxy) is 1. The van der Waals surface area contributed by atoms with Crippen LogP contribution in [0, 0.1) is 5.92 Å². The van der Waals surface area contributed by atoms with Crippen molar-refractivity contribution in [2.75, 3.05) is 7.11 Å². The quantitative estimate of drug-likeness (QED) is 0.845. The molecule has 2 heteroatoms. The minimum Gasteiger partial charge on any atom is -0.388 e. The third kappa shape index (κ3) is 2.63. The van der Waals surface area contributed by atoms with Crippen LogP contribution in [0.3, 0.4) is 0 Å². The molecular weight excluding hydrogens is 200 g/mol. The molecule has 1 aromatic rings. The summed E-state index contributed by atoms with van der Waals surface area (Å²) < 4.78 is 5.11. The minimum atomic E-state index is -0.292. The average molecular weight is 220 g/mol. The lowest BCUT2D eigenvalue weighted by molar-refractivity contribution is 0.111. The summed E-state index contributed by atoms with van der Waals surface area (Å²) in [4.78, 5) is 0. The Morgan fingerprint density at radius 3 is 2.81 bits per heavy atom. The third-order valence-electron chi connectivity index (χ3n) is 3.45. The van der Waals surface area contributed by atoms with Crippen LogP contribution in [0.15, 0.2) is 24.3 Å². The van der Waals surface area contributed by atoms with Gasteiger partial charge in [0.15, 0.2) is 0 Å². The molecule has 1 aromatic carbocycles. The van der Waals surface area contributed by atoms with Gasteiger partial charge in [-0.2, -0.15) is 0 Å². The van der Waals surface area contributed by atoms with Gasteiger partial charge in [-0.25, -0.2) is 0 Å². The second kappa shape index (κ2) is 5.46. The van der Waals surface area contributed by atoms with Gasteiger partial charge in [0.2, 0.25) is 0 Å². The molecule has 1 N–H and O–H groups in total. The van der Waals surface area contributed by atoms with Gasteiger partial charge in [-0.15, -0.1) is 0 Å². The van der Waals surface area contributed by atoms with E-state index in [1.165, 1.54) is 12.8 Å². The Morgan fingerprint density at radius 1 is 1.38 bits per heavy atom. The van der Waals surface area contributed by atoms with Crippen LogP contribution in [0.5, 0.6) is 0 Å². The largest absolute Gasteiger partial charge is 0.388 e. The third-order valence-corrected chi connectivity index (χ3v) is 3.45. The summed E-state index contributed by atoms with van der Waals surface area (Å²) in [6.45, 7) is 0.616. The first-order valence-electron chi connectivity index (χ1n) is 6.07. The highest BCUT2D eigenvalue weighted by molar-refractivity contribution is 5.25. The maximum atomic E-state index is 10.3. The Balaban J connectivity index is 2.09. The Kier molecular flexibility index (Phi) is 3.97. The predicted molar refractivity (Wildman–Crippen MR) is 64.1 cm³/mol. The Morgan fingerprint density at radius 2 is 2.12 bits per heavy atom. The summed E-state index contributed by atoms with van der Waals surface area (Å²) in [5, 5.41) is 10.3. The smallest absolute Gasteiger partial charge is 0.0818 e. The molecule has 0 aliphatic heterocycles. The highest BCUT2D eigenvalue weighted by atomic mass is 16.5. The van der Waals surface area contributed by atoms with Crippen LogP contribution >= 0.6 is 0 Å². The van der Waals surface area contributed by atoms with E-state index in [0.717, 1.165) is 24.0 Å². The van der Waals surface area contributed by atoms with Gasteiger partial charge in [0.05, 0.1) is 12.7 Å². The second-order valence-corrected chi connectivity index (χ2v) is 4.67. The van der Waals surface area contributed by atoms with E-state index in [4.69, 9.17) is 4.74 Å². The SMILES string of the molecule is COCc1cccc(C(O)C2CCCC2)c1. The van der Waals surface area contributed by atoms with Gasteiger partial charge < -0.3 is 9.84 Å². The molecule has 16 heavy (non-hydrogen) atoms. The summed E-state index contributed by atoms with van der Waals surface area (Å²) in [7, 11) is 1.69. The van der Waals surface area contributed by atoms with E-state index >= 15 is 0 Å². The van der Waals surface area contributed by atoms with E-state index < -0.39 is 0 Å². The zero-order valence-corrected chi connectivity index (χ0v) is 9.86. The molecule has 1 atom stereocenters. The summed E-state index contributed by atoms with van der Waals surface area (Å²) in [5.41, 5.74) is 2.18. The van der Waals surface area contributed by atoms with E-state index in [9.17, 15) is 5.11 Å². The van der Waals surface area contributed by atoms with Crippen molar-refractivity contribution in [2.24, 2.45) is 5.92 Å². The number of benzene rings is 1. The van der Waals surface area contributed by atoms with E-state index in [1.807, 2.05) is 18.2 Å². The number of hydrogen-bond acceptors (Lipinski definition) is 2. The molecule has 1 aliphatic carbocycles. The molecule has 1 unspecified atom stereocenters. The minimum absolute atomic E-state index is 0.292. The van der Waals surface area contributed by atoms with Crippen LogP contribution in [0.2, 0.25) is 0 Å². The Hall–Kier alpha value is -0.860. The zero-order chi connectivity index (χ0) is 11.4. The lowest BCUT2D eigenvalue weighted by Crippen LogP contribution is -2.09. The molecule has 0 heterocycles. The number of hydrogen-bond donors (Lipinski definition) is 1. The monoisotopic (exact) mass is 220 g/mol. The van der Waals surface area contributed by atoms with E-state index in [2.05, 4.69) is 6.07 Å². The number of methoxy groups -OCH3 is 1. The number of aliphatic hydroxyl groups excluding tert-OH is 1. The fourth-order valence-electron chi connectivity index (χ4n) is 2.58. The first-order chi connectivity index (χ1) is 7.81. The molecule has 0 aromatic heterocycles. The van der Waals surface area contributed by atoms with Crippen molar-refractivity contribution in [3.63, 3.8) is 0 Å². The fraction of sp³-hybridized carbons (Fsp3) is 0.571. The van der Waals surface area contributed by atoms with E-state index in [-0.39, 0.29) is 6.10 Å². The molecular formula is C14H20O2. The highest BCUT2D eigenvalue weighted by Gasteiger charge is 2.24. The van der Waals surface area contributed by atoms with Crippen LogP contribution in [-0.4, -0.2) is 12.2 Å². The van der Waals surface area contributed by atoms with Crippen LogP contribution in [0.1, 0.15) is 42.9 Å². The molecule has 1 aliphatic rings. The van der Waals surface area contributed by atoms with Crippen molar-refractivity contribution in [1.29, 1.82) is 0 Å². The van der Waals surface area contributed by atoms with E-state index in [0.29, 0.717) is 12.5 Å². The second-order valence-electron chi connectivity index (χ2n) is 4.67. The molecule has 1 fully saturated rings. The molecule has 0 bridgehead atoms. The molecule has 2 nitrogen and oxygen atoms in total. The van der Waals surface area contributed by atoms with Crippen molar-refractivity contribution in [3.05, 3.63) is 35.4 Å². The van der Waals surface area contributed by atoms with Crippen molar-refractivity contribution in [3.8, 4) is 0 Å². The normalized spacial score (nSPS) is 18.9. The maximum absolute atomic E-state index is 10.3. The number of aliphatic hydroxyl groups is 1. The zero-order valence-electron chi connectivity index (χ0n) is 9.86. The van der Waals surface area contributed by atoms with Crippen LogP contribution in [0.25, 0.3) is 0 Å². The van der Waals surface area contributed by atoms with Crippen LogP contribution in [-0.2, 0) is 11.3 Å².